The summed E-state index contributed by atoms with van der Waals surface area (Å²) in [4.78, 5) is 10.7. The zero-order chi connectivity index (χ0) is 9.40. The minimum absolute atomic E-state index is 0.0382. The standard InChI is InChI=1S/C7H10O4P/c1-3-5-6-10-7(8)12(9)11-4-2/h4,6H2,1-2H3/q+1. The van der Waals surface area contributed by atoms with Crippen LogP contribution in [0.3, 0.4) is 0 Å². The molecule has 5 heteroatoms. The van der Waals surface area contributed by atoms with Crippen molar-refractivity contribution in [3.63, 3.8) is 0 Å². The van der Waals surface area contributed by atoms with Gasteiger partial charge >= 0.3 is 13.7 Å². The number of carbonyl (C=O) groups is 1. The van der Waals surface area contributed by atoms with Crippen molar-refractivity contribution in [3.05, 3.63) is 0 Å². The van der Waals surface area contributed by atoms with Gasteiger partial charge in [0.1, 0.15) is 6.61 Å². The van der Waals surface area contributed by atoms with Crippen LogP contribution in [0.15, 0.2) is 0 Å². The molecule has 0 aliphatic heterocycles. The van der Waals surface area contributed by atoms with E-state index in [-0.39, 0.29) is 13.2 Å². The average Bonchev–Trinajstić information content (AvgIpc) is 2.05. The first-order valence-corrected chi connectivity index (χ1v) is 4.56. The van der Waals surface area contributed by atoms with Crippen LogP contribution in [0.25, 0.3) is 0 Å². The summed E-state index contributed by atoms with van der Waals surface area (Å²) in [6, 6.07) is 0. The Balaban J connectivity index is 3.69. The fourth-order valence-corrected chi connectivity index (χ4v) is 0.903. The first kappa shape index (κ1) is 11.1. The van der Waals surface area contributed by atoms with E-state index >= 15 is 0 Å². The summed E-state index contributed by atoms with van der Waals surface area (Å²) in [7, 11) is -2.34. The highest BCUT2D eigenvalue weighted by Crippen LogP contribution is 2.24. The largest absolute Gasteiger partial charge is 0.636 e. The lowest BCUT2D eigenvalue weighted by Gasteiger charge is -1.87. The Labute approximate surface area is 72.1 Å². The number of carbonyl (C=O) groups excluding carboxylic acids is 1. The third kappa shape index (κ3) is 4.84. The molecule has 0 rings (SSSR count). The summed E-state index contributed by atoms with van der Waals surface area (Å²) >= 11 is 0. The Kier molecular flexibility index (Phi) is 6.26. The number of hydrogen-bond donors (Lipinski definition) is 0. The molecule has 4 nitrogen and oxygen atoms in total. The van der Waals surface area contributed by atoms with E-state index in [4.69, 9.17) is 0 Å². The molecule has 0 amide bonds. The van der Waals surface area contributed by atoms with Crippen LogP contribution in [0.5, 0.6) is 0 Å². The van der Waals surface area contributed by atoms with Gasteiger partial charge in [0.05, 0.1) is 0 Å². The monoisotopic (exact) mass is 189 g/mol. The van der Waals surface area contributed by atoms with Gasteiger partial charge in [-0.1, -0.05) is 5.92 Å². The second-order valence-corrected chi connectivity index (χ2v) is 2.79. The van der Waals surface area contributed by atoms with E-state index in [1.54, 1.807) is 13.8 Å². The van der Waals surface area contributed by atoms with Gasteiger partial charge in [0, 0.05) is 0 Å². The SMILES string of the molecule is CC#CCOC(=O)[P+](=O)OCC. The Hall–Kier alpha value is -0.910. The summed E-state index contributed by atoms with van der Waals surface area (Å²) < 4.78 is 19.7. The van der Waals surface area contributed by atoms with E-state index in [1.165, 1.54) is 0 Å². The third-order valence-electron chi connectivity index (χ3n) is 0.840. The van der Waals surface area contributed by atoms with Crippen molar-refractivity contribution < 1.29 is 18.6 Å². The van der Waals surface area contributed by atoms with Crippen LogP contribution >= 0.6 is 8.03 Å². The van der Waals surface area contributed by atoms with Crippen molar-refractivity contribution >= 4 is 13.7 Å². The molecular formula is C7H10O4P+. The van der Waals surface area contributed by atoms with Crippen molar-refractivity contribution in [3.8, 4) is 11.8 Å². The molecule has 0 spiro atoms. The van der Waals surface area contributed by atoms with E-state index in [2.05, 4.69) is 21.1 Å². The van der Waals surface area contributed by atoms with E-state index in [0.29, 0.717) is 0 Å². The molecule has 0 aromatic heterocycles. The quantitative estimate of drug-likeness (QED) is 0.500. The molecule has 0 aromatic rings. The number of hydrogen-bond acceptors (Lipinski definition) is 4. The van der Waals surface area contributed by atoms with Gasteiger partial charge in [-0.25, -0.2) is 0 Å². The molecule has 0 fully saturated rings. The molecule has 66 valence electrons. The summed E-state index contributed by atoms with van der Waals surface area (Å²) in [6.07, 6.45) is 0. The van der Waals surface area contributed by atoms with Crippen molar-refractivity contribution in [1.29, 1.82) is 0 Å². The minimum atomic E-state index is -2.34. The molecular weight excluding hydrogens is 179 g/mol. The maximum Gasteiger partial charge on any atom is 0.636 e. The van der Waals surface area contributed by atoms with Crippen LogP contribution in [0.2, 0.25) is 0 Å². The van der Waals surface area contributed by atoms with Crippen molar-refractivity contribution in [2.24, 2.45) is 0 Å². The summed E-state index contributed by atoms with van der Waals surface area (Å²) in [5.74, 6) is 5.03. The van der Waals surface area contributed by atoms with E-state index < -0.39 is 13.7 Å². The maximum absolute atomic E-state index is 10.7. The fraction of sp³-hybridized carbons (Fsp3) is 0.571. The van der Waals surface area contributed by atoms with Gasteiger partial charge in [-0.3, -0.25) is 0 Å². The van der Waals surface area contributed by atoms with E-state index in [0.717, 1.165) is 0 Å². The van der Waals surface area contributed by atoms with E-state index in [9.17, 15) is 9.36 Å². The summed E-state index contributed by atoms with van der Waals surface area (Å²) in [5, 5.41) is 0. The normalized spacial score (nSPS) is 9.67. The zero-order valence-corrected chi connectivity index (χ0v) is 7.89. The molecule has 0 heterocycles. The molecule has 0 radical (unpaired) electrons. The van der Waals surface area contributed by atoms with Gasteiger partial charge in [-0.2, -0.15) is 4.79 Å². The lowest BCUT2D eigenvalue weighted by molar-refractivity contribution is 0.181. The lowest BCUT2D eigenvalue weighted by atomic mass is 10.6. The molecule has 0 N–H and O–H groups in total. The molecule has 1 atom stereocenters. The molecule has 1 unspecified atom stereocenters. The smallest absolute Gasteiger partial charge is 0.412 e. The molecule has 0 saturated carbocycles. The van der Waals surface area contributed by atoms with Crippen LogP contribution in [0.1, 0.15) is 13.8 Å². The predicted molar refractivity (Wildman–Crippen MR) is 44.0 cm³/mol. The Bertz CT molecular complexity index is 225. The van der Waals surface area contributed by atoms with Gasteiger partial charge in [-0.05, 0) is 18.4 Å². The summed E-state index contributed by atoms with van der Waals surface area (Å²) in [5.41, 5.74) is -0.852. The lowest BCUT2D eigenvalue weighted by Crippen LogP contribution is -1.98. The topological polar surface area (TPSA) is 52.6 Å². The van der Waals surface area contributed by atoms with E-state index in [1.807, 2.05) is 0 Å². The predicted octanol–water partition coefficient (Wildman–Crippen LogP) is 1.93. The Morgan fingerprint density at radius 3 is 2.75 bits per heavy atom. The van der Waals surface area contributed by atoms with Gasteiger partial charge < -0.3 is 4.74 Å². The molecule has 0 bridgehead atoms. The molecule has 0 aliphatic rings. The second kappa shape index (κ2) is 6.78. The number of ether oxygens (including phenoxy) is 1. The van der Waals surface area contributed by atoms with Gasteiger partial charge in [0.25, 0.3) is 0 Å². The van der Waals surface area contributed by atoms with Crippen molar-refractivity contribution in [2.75, 3.05) is 13.2 Å². The van der Waals surface area contributed by atoms with Crippen molar-refractivity contribution in [1.82, 2.24) is 0 Å². The van der Waals surface area contributed by atoms with Gasteiger partial charge in [0.2, 0.25) is 0 Å². The first-order valence-electron chi connectivity index (χ1n) is 3.39. The zero-order valence-electron chi connectivity index (χ0n) is 6.99. The second-order valence-electron chi connectivity index (χ2n) is 1.66. The highest BCUT2D eigenvalue weighted by atomic mass is 31.1. The van der Waals surface area contributed by atoms with Crippen molar-refractivity contribution in [2.45, 2.75) is 13.8 Å². The first-order chi connectivity index (χ1) is 5.72. The van der Waals surface area contributed by atoms with Crippen LogP contribution in [-0.2, 0) is 13.8 Å². The molecule has 0 aromatic carbocycles. The van der Waals surface area contributed by atoms with Gasteiger partial charge in [0.15, 0.2) is 6.61 Å². The van der Waals surface area contributed by atoms with Crippen LogP contribution in [-0.4, -0.2) is 18.9 Å². The minimum Gasteiger partial charge on any atom is -0.412 e. The molecule has 0 saturated heterocycles. The highest BCUT2D eigenvalue weighted by molar-refractivity contribution is 7.58. The van der Waals surface area contributed by atoms with Crippen LogP contribution in [0.4, 0.5) is 4.79 Å². The average molecular weight is 189 g/mol. The fourth-order valence-electron chi connectivity index (χ4n) is 0.393. The van der Waals surface area contributed by atoms with Gasteiger partial charge in [-0.15, -0.1) is 10.4 Å². The molecule has 0 aliphatic carbocycles. The summed E-state index contributed by atoms with van der Waals surface area (Å²) in [6.45, 7) is 3.45. The Morgan fingerprint density at radius 2 is 2.25 bits per heavy atom. The maximum atomic E-state index is 10.7. The van der Waals surface area contributed by atoms with Crippen LogP contribution in [0, 0.1) is 11.8 Å². The third-order valence-corrected chi connectivity index (χ3v) is 1.76. The Morgan fingerprint density at radius 1 is 1.58 bits per heavy atom. The van der Waals surface area contributed by atoms with Crippen LogP contribution < -0.4 is 0 Å². The molecule has 12 heavy (non-hydrogen) atoms. The highest BCUT2D eigenvalue weighted by Gasteiger charge is 2.32. The number of rotatable bonds is 4.